The van der Waals surface area contributed by atoms with E-state index in [-0.39, 0.29) is 29.0 Å². The predicted molar refractivity (Wildman–Crippen MR) is 122 cm³/mol. The van der Waals surface area contributed by atoms with Gasteiger partial charge in [-0.05, 0) is 41.4 Å². The summed E-state index contributed by atoms with van der Waals surface area (Å²) in [6.45, 7) is 0.576. The van der Waals surface area contributed by atoms with Gasteiger partial charge in [-0.15, -0.1) is 0 Å². The molecule has 0 aliphatic carbocycles. The van der Waals surface area contributed by atoms with Gasteiger partial charge in [0, 0.05) is 11.4 Å². The van der Waals surface area contributed by atoms with Crippen LogP contribution in [0.25, 0.3) is 0 Å². The predicted octanol–water partition coefficient (Wildman–Crippen LogP) is 1.65. The molecule has 0 aromatic heterocycles. The largest absolute Gasteiger partial charge is 0.505 e. The van der Waals surface area contributed by atoms with Crippen LogP contribution >= 0.6 is 23.2 Å². The zero-order chi connectivity index (χ0) is 24.6. The Morgan fingerprint density at radius 1 is 1.15 bits per heavy atom. The van der Waals surface area contributed by atoms with Crippen LogP contribution in [0.3, 0.4) is 0 Å². The van der Waals surface area contributed by atoms with Gasteiger partial charge in [-0.1, -0.05) is 35.3 Å². The van der Waals surface area contributed by atoms with Gasteiger partial charge in [0.2, 0.25) is 16.0 Å². The first-order valence-corrected chi connectivity index (χ1v) is 11.6. The Bertz CT molecular complexity index is 1110. The number of aliphatic carboxylic acids is 1. The first kappa shape index (κ1) is 26.3. The molecule has 180 valence electrons. The van der Waals surface area contributed by atoms with E-state index in [2.05, 4.69) is 9.88 Å². The van der Waals surface area contributed by atoms with Crippen molar-refractivity contribution in [3.63, 3.8) is 0 Å². The third-order valence-corrected chi connectivity index (χ3v) is 6.05. The van der Waals surface area contributed by atoms with E-state index in [1.54, 1.807) is 24.3 Å². The van der Waals surface area contributed by atoms with Crippen molar-refractivity contribution in [2.75, 3.05) is 13.2 Å². The number of nitrogens with one attached hydrogen (secondary N) is 1. The number of ether oxygens (including phenoxy) is 1. The molecule has 0 bridgehead atoms. The van der Waals surface area contributed by atoms with Crippen molar-refractivity contribution in [1.29, 1.82) is 0 Å². The highest BCUT2D eigenvalue weighted by atomic mass is 35.5. The second-order valence-electron chi connectivity index (χ2n) is 6.65. The van der Waals surface area contributed by atoms with Gasteiger partial charge < -0.3 is 31.3 Å². The average molecular weight is 521 g/mol. The fourth-order valence-corrected chi connectivity index (χ4v) is 4.51. The Kier molecular flexibility index (Phi) is 9.41. The van der Waals surface area contributed by atoms with E-state index in [0.29, 0.717) is 24.3 Å². The van der Waals surface area contributed by atoms with E-state index >= 15 is 0 Å². The fraction of sp³-hybridized carbons (Fsp3) is 0.263. The Morgan fingerprint density at radius 3 is 2.42 bits per heavy atom. The van der Waals surface area contributed by atoms with E-state index in [9.17, 15) is 23.4 Å². The number of carboxylic acid groups (broad SMARTS) is 1. The van der Waals surface area contributed by atoms with Crippen molar-refractivity contribution < 1.29 is 33.0 Å². The quantitative estimate of drug-likeness (QED) is 0.120. The number of oxime groups is 1. The molecular formula is C19H22Cl2N4O7S. The first-order chi connectivity index (χ1) is 15.5. The van der Waals surface area contributed by atoms with Crippen LogP contribution in [0.15, 0.2) is 46.4 Å². The second-order valence-corrected chi connectivity index (χ2v) is 9.17. The lowest BCUT2D eigenvalue weighted by Crippen LogP contribution is -2.42. The minimum Gasteiger partial charge on any atom is -0.505 e. The SMILES string of the molecule is NC(N)=NOCCCOc1ccc(C[C@H](NS(=O)(=O)c2cc(Cl)cc(Cl)c2O)C(=O)O)cc1. The van der Waals surface area contributed by atoms with Gasteiger partial charge in [0.15, 0.2) is 5.75 Å². The lowest BCUT2D eigenvalue weighted by atomic mass is 10.1. The summed E-state index contributed by atoms with van der Waals surface area (Å²) in [5.74, 6) is -1.80. The number of phenolic OH excluding ortho intramolecular Hbond substituents is 1. The van der Waals surface area contributed by atoms with Gasteiger partial charge in [0.25, 0.3) is 0 Å². The minimum absolute atomic E-state index is 0.0385. The summed E-state index contributed by atoms with van der Waals surface area (Å²) in [5.41, 5.74) is 10.8. The van der Waals surface area contributed by atoms with Crippen molar-refractivity contribution >= 4 is 45.2 Å². The number of carbonyl (C=O) groups is 1. The number of guanidine groups is 1. The number of phenols is 1. The van der Waals surface area contributed by atoms with Crippen molar-refractivity contribution in [3.8, 4) is 11.5 Å². The molecule has 2 aromatic rings. The van der Waals surface area contributed by atoms with Crippen LogP contribution in [-0.2, 0) is 26.1 Å². The van der Waals surface area contributed by atoms with Gasteiger partial charge in [-0.2, -0.15) is 4.72 Å². The first-order valence-electron chi connectivity index (χ1n) is 9.35. The number of halogens is 2. The Hall–Kier alpha value is -2.93. The molecule has 33 heavy (non-hydrogen) atoms. The van der Waals surface area contributed by atoms with E-state index < -0.39 is 32.7 Å². The molecule has 0 amide bonds. The van der Waals surface area contributed by atoms with E-state index in [0.717, 1.165) is 12.1 Å². The molecule has 7 N–H and O–H groups in total. The van der Waals surface area contributed by atoms with Crippen LogP contribution in [0, 0.1) is 0 Å². The molecule has 0 spiro atoms. The molecular weight excluding hydrogens is 499 g/mol. The van der Waals surface area contributed by atoms with Gasteiger partial charge in [0.1, 0.15) is 23.3 Å². The highest BCUT2D eigenvalue weighted by Gasteiger charge is 2.29. The number of sulfonamides is 1. The molecule has 0 heterocycles. The molecule has 0 fully saturated rings. The maximum Gasteiger partial charge on any atom is 0.322 e. The molecule has 0 aliphatic rings. The Morgan fingerprint density at radius 2 is 1.82 bits per heavy atom. The highest BCUT2D eigenvalue weighted by molar-refractivity contribution is 7.89. The molecule has 11 nitrogen and oxygen atoms in total. The number of nitrogens with two attached hydrogens (primary N) is 2. The van der Waals surface area contributed by atoms with Crippen LogP contribution in [0.2, 0.25) is 10.0 Å². The monoisotopic (exact) mass is 520 g/mol. The van der Waals surface area contributed by atoms with E-state index in [4.69, 9.17) is 44.2 Å². The maximum atomic E-state index is 12.6. The summed E-state index contributed by atoms with van der Waals surface area (Å²) in [5, 5.41) is 22.5. The van der Waals surface area contributed by atoms with Crippen LogP contribution in [0.5, 0.6) is 11.5 Å². The molecule has 0 unspecified atom stereocenters. The van der Waals surface area contributed by atoms with Crippen molar-refractivity contribution in [3.05, 3.63) is 52.0 Å². The van der Waals surface area contributed by atoms with Crippen LogP contribution in [0.4, 0.5) is 0 Å². The second kappa shape index (κ2) is 11.8. The average Bonchev–Trinajstić information content (AvgIpc) is 2.73. The van der Waals surface area contributed by atoms with Gasteiger partial charge >= 0.3 is 5.97 Å². The number of nitrogens with zero attached hydrogens (tertiary/aromatic N) is 1. The number of aromatic hydroxyl groups is 1. The third-order valence-electron chi connectivity index (χ3n) is 4.06. The van der Waals surface area contributed by atoms with Crippen molar-refractivity contribution in [2.45, 2.75) is 23.8 Å². The summed E-state index contributed by atoms with van der Waals surface area (Å²) < 4.78 is 32.9. The number of carboxylic acids is 1. The zero-order valence-electron chi connectivity index (χ0n) is 17.1. The Labute approximate surface area is 199 Å². The Balaban J connectivity index is 2.01. The van der Waals surface area contributed by atoms with Gasteiger partial charge in [-0.3, -0.25) is 4.79 Å². The van der Waals surface area contributed by atoms with E-state index in [1.165, 1.54) is 0 Å². The summed E-state index contributed by atoms with van der Waals surface area (Å²) in [6.07, 6.45) is 0.345. The van der Waals surface area contributed by atoms with Crippen LogP contribution < -0.4 is 20.9 Å². The van der Waals surface area contributed by atoms with E-state index in [1.807, 2.05) is 0 Å². The third kappa shape index (κ3) is 8.17. The number of benzene rings is 2. The summed E-state index contributed by atoms with van der Waals surface area (Å²) in [7, 11) is -4.44. The lowest BCUT2D eigenvalue weighted by molar-refractivity contribution is -0.138. The molecule has 2 aromatic carbocycles. The maximum absolute atomic E-state index is 12.6. The number of hydrogen-bond donors (Lipinski definition) is 5. The highest BCUT2D eigenvalue weighted by Crippen LogP contribution is 2.34. The lowest BCUT2D eigenvalue weighted by Gasteiger charge is -2.16. The smallest absolute Gasteiger partial charge is 0.322 e. The zero-order valence-corrected chi connectivity index (χ0v) is 19.4. The summed E-state index contributed by atoms with van der Waals surface area (Å²) in [4.78, 5) is 15.9. The standard InChI is InChI=1S/C19H22Cl2N4O7S/c20-12-9-14(21)17(26)16(10-12)33(29,30)25-15(18(27)28)8-11-2-4-13(5-3-11)31-6-1-7-32-24-19(22)23/h2-5,9-10,15,25-26H,1,6-8H2,(H,27,28)(H4,22,23,24)/t15-/m0/s1. The molecule has 0 saturated heterocycles. The topological polar surface area (TPSA) is 187 Å². The fourth-order valence-electron chi connectivity index (χ4n) is 2.57. The minimum atomic E-state index is -4.44. The molecule has 0 aliphatic heterocycles. The summed E-state index contributed by atoms with van der Waals surface area (Å²) >= 11 is 11.6. The van der Waals surface area contributed by atoms with Crippen LogP contribution in [0.1, 0.15) is 12.0 Å². The summed E-state index contributed by atoms with van der Waals surface area (Å²) in [6, 6.07) is 7.04. The number of hydrogen-bond acceptors (Lipinski definition) is 7. The molecule has 0 saturated carbocycles. The van der Waals surface area contributed by atoms with Crippen LogP contribution in [-0.4, -0.2) is 49.8 Å². The number of rotatable bonds is 12. The van der Waals surface area contributed by atoms with Gasteiger partial charge in [0.05, 0.1) is 11.6 Å². The van der Waals surface area contributed by atoms with Gasteiger partial charge in [-0.25, -0.2) is 8.42 Å². The molecule has 14 heteroatoms. The molecule has 1 atom stereocenters. The van der Waals surface area contributed by atoms with Crippen molar-refractivity contribution in [1.82, 2.24) is 4.72 Å². The molecule has 0 radical (unpaired) electrons. The normalized spacial score (nSPS) is 12.1. The van der Waals surface area contributed by atoms with Crippen molar-refractivity contribution in [2.24, 2.45) is 16.6 Å². The molecule has 2 rings (SSSR count).